The summed E-state index contributed by atoms with van der Waals surface area (Å²) in [5.41, 5.74) is 0.0930. The minimum Gasteiger partial charge on any atom is -0.339 e. The Kier molecular flexibility index (Phi) is 7.58. The zero-order valence-electron chi connectivity index (χ0n) is 17.8. The number of hydrogen-bond acceptors (Lipinski definition) is 4. The number of halogens is 3. The van der Waals surface area contributed by atoms with E-state index in [0.717, 1.165) is 6.07 Å². The highest BCUT2D eigenvalue weighted by Gasteiger charge is 2.33. The van der Waals surface area contributed by atoms with Crippen LogP contribution in [0, 0.1) is 0 Å². The van der Waals surface area contributed by atoms with Gasteiger partial charge in [0.1, 0.15) is 0 Å². The van der Waals surface area contributed by atoms with Gasteiger partial charge in [-0.05, 0) is 24.2 Å². The maximum absolute atomic E-state index is 13.2. The topological polar surface area (TPSA) is 60.9 Å². The first-order valence-corrected chi connectivity index (χ1v) is 11.8. The monoisotopic (exact) mass is 469 g/mol. The highest BCUT2D eigenvalue weighted by molar-refractivity contribution is 7.88. The summed E-state index contributed by atoms with van der Waals surface area (Å²) in [5.74, 6) is -0.333. The van der Waals surface area contributed by atoms with Crippen molar-refractivity contribution in [2.75, 3.05) is 39.8 Å². The first-order chi connectivity index (χ1) is 15.1. The Hall–Kier alpha value is -2.43. The van der Waals surface area contributed by atoms with Gasteiger partial charge in [0.25, 0.3) is 0 Å². The second kappa shape index (κ2) is 10.0. The number of hydrogen-bond donors (Lipinski definition) is 0. The van der Waals surface area contributed by atoms with E-state index >= 15 is 0 Å². The molecule has 1 saturated heterocycles. The summed E-state index contributed by atoms with van der Waals surface area (Å²) < 4.78 is 66.2. The van der Waals surface area contributed by atoms with E-state index < -0.39 is 21.8 Å². The van der Waals surface area contributed by atoms with Gasteiger partial charge in [0, 0.05) is 32.7 Å². The lowest BCUT2D eigenvalue weighted by Crippen LogP contribution is -2.52. The molecular weight excluding hydrogens is 443 g/mol. The summed E-state index contributed by atoms with van der Waals surface area (Å²) >= 11 is 0. The Morgan fingerprint density at radius 1 is 0.969 bits per heavy atom. The lowest BCUT2D eigenvalue weighted by Gasteiger charge is -2.35. The van der Waals surface area contributed by atoms with Crippen molar-refractivity contribution >= 4 is 15.9 Å². The van der Waals surface area contributed by atoms with E-state index in [4.69, 9.17) is 0 Å². The van der Waals surface area contributed by atoms with Crippen molar-refractivity contribution < 1.29 is 26.4 Å². The molecule has 0 atom stereocenters. The number of amides is 1. The van der Waals surface area contributed by atoms with Crippen LogP contribution in [0.1, 0.15) is 16.7 Å². The van der Waals surface area contributed by atoms with E-state index in [0.29, 0.717) is 5.56 Å². The number of nitrogens with zero attached hydrogens (tertiary/aromatic N) is 3. The average molecular weight is 470 g/mol. The molecule has 0 N–H and O–H groups in total. The van der Waals surface area contributed by atoms with Crippen molar-refractivity contribution in [3.63, 3.8) is 0 Å². The van der Waals surface area contributed by atoms with Gasteiger partial charge in [0.05, 0.1) is 17.9 Å². The van der Waals surface area contributed by atoms with Crippen LogP contribution in [0.5, 0.6) is 0 Å². The first-order valence-electron chi connectivity index (χ1n) is 10.2. The molecule has 0 saturated carbocycles. The molecule has 2 aromatic rings. The minimum atomic E-state index is -4.46. The molecule has 1 fully saturated rings. The number of sulfonamides is 1. The van der Waals surface area contributed by atoms with E-state index in [9.17, 15) is 26.4 Å². The largest absolute Gasteiger partial charge is 0.416 e. The molecule has 0 aromatic heterocycles. The van der Waals surface area contributed by atoms with Crippen molar-refractivity contribution in [2.24, 2.45) is 0 Å². The van der Waals surface area contributed by atoms with E-state index in [2.05, 4.69) is 0 Å². The molecule has 32 heavy (non-hydrogen) atoms. The van der Waals surface area contributed by atoms with Gasteiger partial charge < -0.3 is 4.90 Å². The van der Waals surface area contributed by atoms with Gasteiger partial charge in [-0.1, -0.05) is 48.5 Å². The van der Waals surface area contributed by atoms with E-state index in [1.165, 1.54) is 27.4 Å². The van der Waals surface area contributed by atoms with Crippen LogP contribution in [0.4, 0.5) is 13.2 Å². The Balaban J connectivity index is 1.53. The second-order valence-electron chi connectivity index (χ2n) is 7.85. The first kappa shape index (κ1) is 24.2. The summed E-state index contributed by atoms with van der Waals surface area (Å²) in [4.78, 5) is 15.7. The van der Waals surface area contributed by atoms with Crippen LogP contribution in [0.15, 0.2) is 54.6 Å². The molecule has 0 radical (unpaired) electrons. The van der Waals surface area contributed by atoms with Crippen LogP contribution in [0.3, 0.4) is 0 Å². The Morgan fingerprint density at radius 2 is 1.56 bits per heavy atom. The van der Waals surface area contributed by atoms with Gasteiger partial charge in [-0.2, -0.15) is 17.5 Å². The summed E-state index contributed by atoms with van der Waals surface area (Å²) in [6, 6.07) is 14.2. The van der Waals surface area contributed by atoms with E-state index in [-0.39, 0.29) is 56.5 Å². The third-order valence-electron chi connectivity index (χ3n) is 5.34. The van der Waals surface area contributed by atoms with Crippen LogP contribution in [-0.2, 0) is 33.3 Å². The van der Waals surface area contributed by atoms with Crippen molar-refractivity contribution in [3.8, 4) is 0 Å². The third-order valence-corrected chi connectivity index (χ3v) is 7.19. The quantitative estimate of drug-likeness (QED) is 0.626. The average Bonchev–Trinajstić information content (AvgIpc) is 2.74. The van der Waals surface area contributed by atoms with Crippen molar-refractivity contribution in [1.82, 2.24) is 14.1 Å². The molecular formula is C22H26F3N3O3S. The van der Waals surface area contributed by atoms with Gasteiger partial charge in [-0.25, -0.2) is 8.42 Å². The highest BCUT2D eigenvalue weighted by Crippen LogP contribution is 2.32. The number of rotatable bonds is 7. The zero-order valence-corrected chi connectivity index (χ0v) is 18.6. The number of piperazine rings is 1. The van der Waals surface area contributed by atoms with Crippen LogP contribution < -0.4 is 0 Å². The van der Waals surface area contributed by atoms with Crippen molar-refractivity contribution in [3.05, 3.63) is 71.3 Å². The van der Waals surface area contributed by atoms with Gasteiger partial charge in [0.15, 0.2) is 0 Å². The van der Waals surface area contributed by atoms with Gasteiger partial charge in [-0.15, -0.1) is 0 Å². The van der Waals surface area contributed by atoms with Gasteiger partial charge in [-0.3, -0.25) is 9.69 Å². The summed E-state index contributed by atoms with van der Waals surface area (Å²) in [5, 5.41) is 0. The molecule has 3 rings (SSSR count). The maximum atomic E-state index is 13.2. The number of benzene rings is 2. The molecule has 0 unspecified atom stereocenters. The molecule has 1 aliphatic rings. The standard InChI is InChI=1S/C22H26F3N3O3S/c1-26(15-19-9-5-6-10-20(19)22(23,24)25)16-21(29)27-11-13-28(14-12-27)32(30,31)17-18-7-3-2-4-8-18/h2-10H,11-17H2,1H3. The predicted molar refractivity (Wildman–Crippen MR) is 115 cm³/mol. The summed E-state index contributed by atoms with van der Waals surface area (Å²) in [6.45, 7) is 0.818. The third kappa shape index (κ3) is 6.30. The van der Waals surface area contributed by atoms with Gasteiger partial charge >= 0.3 is 6.18 Å². The maximum Gasteiger partial charge on any atom is 0.416 e. The molecule has 10 heteroatoms. The zero-order chi connectivity index (χ0) is 23.4. The van der Waals surface area contributed by atoms with Crippen LogP contribution in [-0.4, -0.2) is 68.2 Å². The number of carbonyl (C=O) groups excluding carboxylic acids is 1. The molecule has 1 aliphatic heterocycles. The number of alkyl halides is 3. The SMILES string of the molecule is CN(CC(=O)N1CCN(S(=O)(=O)Cc2ccccc2)CC1)Cc1ccccc1C(F)(F)F. The number of carbonyl (C=O) groups is 1. The van der Waals surface area contributed by atoms with E-state index in [1.807, 2.05) is 6.07 Å². The molecule has 0 bridgehead atoms. The van der Waals surface area contributed by atoms with E-state index in [1.54, 1.807) is 36.2 Å². The van der Waals surface area contributed by atoms with Crippen molar-refractivity contribution in [1.29, 1.82) is 0 Å². The predicted octanol–water partition coefficient (Wildman–Crippen LogP) is 2.81. The fourth-order valence-electron chi connectivity index (χ4n) is 3.70. The van der Waals surface area contributed by atoms with Gasteiger partial charge in [0.2, 0.25) is 15.9 Å². The molecule has 174 valence electrons. The fourth-order valence-corrected chi connectivity index (χ4v) is 5.22. The molecule has 0 spiro atoms. The van der Waals surface area contributed by atoms with Crippen LogP contribution in [0.2, 0.25) is 0 Å². The lowest BCUT2D eigenvalue weighted by atomic mass is 10.1. The minimum absolute atomic E-state index is 0.0210. The Morgan fingerprint density at radius 3 is 2.19 bits per heavy atom. The Labute approximate surface area is 186 Å². The fraction of sp³-hybridized carbons (Fsp3) is 0.409. The van der Waals surface area contributed by atoms with Crippen LogP contribution in [0.25, 0.3) is 0 Å². The summed E-state index contributed by atoms with van der Waals surface area (Å²) in [7, 11) is -1.90. The van der Waals surface area contributed by atoms with Crippen LogP contribution >= 0.6 is 0 Å². The normalized spacial score (nSPS) is 15.8. The molecule has 1 amide bonds. The van der Waals surface area contributed by atoms with Crippen molar-refractivity contribution in [2.45, 2.75) is 18.5 Å². The molecule has 2 aromatic carbocycles. The smallest absolute Gasteiger partial charge is 0.339 e. The summed E-state index contributed by atoms with van der Waals surface area (Å²) in [6.07, 6.45) is -4.46. The second-order valence-corrected chi connectivity index (χ2v) is 9.82. The Bertz CT molecular complexity index is 1020. The number of likely N-dealkylation sites (N-methyl/N-ethyl adjacent to an activating group) is 1. The molecule has 6 nitrogen and oxygen atoms in total. The molecule has 1 heterocycles. The highest BCUT2D eigenvalue weighted by atomic mass is 32.2. The molecule has 0 aliphatic carbocycles. The lowest BCUT2D eigenvalue weighted by molar-refractivity contribution is -0.138.